The molecule has 0 saturated carbocycles. The van der Waals surface area contributed by atoms with Gasteiger partial charge in [-0.25, -0.2) is 0 Å². The fourth-order valence-corrected chi connectivity index (χ4v) is 5.22. The van der Waals surface area contributed by atoms with Crippen molar-refractivity contribution in [3.63, 3.8) is 0 Å². The van der Waals surface area contributed by atoms with Crippen LogP contribution in [0.25, 0.3) is 0 Å². The smallest absolute Gasteiger partial charge is 0.157 e. The third-order valence-electron chi connectivity index (χ3n) is 6.86. The Hall–Kier alpha value is -2.60. The van der Waals surface area contributed by atoms with Gasteiger partial charge < -0.3 is 29.9 Å². The van der Waals surface area contributed by atoms with E-state index in [0.29, 0.717) is 17.7 Å². The van der Waals surface area contributed by atoms with E-state index in [-0.39, 0.29) is 29.1 Å². The first-order valence-corrected chi connectivity index (χ1v) is 11.8. The Balaban J connectivity index is 1.80. The van der Waals surface area contributed by atoms with Crippen LogP contribution in [0.15, 0.2) is 24.3 Å². The third kappa shape index (κ3) is 4.08. The van der Waals surface area contributed by atoms with E-state index in [9.17, 15) is 20.4 Å². The standard InChI is InChI=1S/C26H34O6/c1-3-5-7-9-26(10-8-6-4-2)19-15-22(30)21(29)13-17(19)25-24(32-26)14-18-20(28)11-16(27)12-23(18)31-25/h11-13,15,24-25,27-30H,3-10,14H2,1-2H3/t24-,25+/m0/s1. The van der Waals surface area contributed by atoms with Crippen molar-refractivity contribution in [1.29, 1.82) is 0 Å². The molecule has 174 valence electrons. The largest absolute Gasteiger partial charge is 0.508 e. The summed E-state index contributed by atoms with van der Waals surface area (Å²) in [5.41, 5.74) is 1.71. The second-order valence-electron chi connectivity index (χ2n) is 9.18. The Labute approximate surface area is 189 Å². The third-order valence-corrected chi connectivity index (χ3v) is 6.86. The minimum atomic E-state index is -0.584. The Morgan fingerprint density at radius 2 is 1.50 bits per heavy atom. The van der Waals surface area contributed by atoms with Gasteiger partial charge in [0, 0.05) is 29.7 Å². The minimum absolute atomic E-state index is 0.0102. The maximum absolute atomic E-state index is 10.4. The zero-order chi connectivity index (χ0) is 22.9. The van der Waals surface area contributed by atoms with Gasteiger partial charge in [-0.2, -0.15) is 0 Å². The highest BCUT2D eigenvalue weighted by atomic mass is 16.6. The fourth-order valence-electron chi connectivity index (χ4n) is 5.22. The molecule has 0 bridgehead atoms. The molecule has 4 N–H and O–H groups in total. The number of hydrogen-bond donors (Lipinski definition) is 4. The number of fused-ring (bicyclic) bond motifs is 4. The van der Waals surface area contributed by atoms with Crippen molar-refractivity contribution in [2.45, 2.75) is 89.4 Å². The Morgan fingerprint density at radius 3 is 2.16 bits per heavy atom. The average Bonchev–Trinajstić information content (AvgIpc) is 2.75. The van der Waals surface area contributed by atoms with Gasteiger partial charge in [0.05, 0.1) is 5.60 Å². The van der Waals surface area contributed by atoms with Gasteiger partial charge in [0.15, 0.2) is 17.6 Å². The molecule has 2 aromatic carbocycles. The molecule has 0 aromatic heterocycles. The van der Waals surface area contributed by atoms with Crippen LogP contribution in [0.3, 0.4) is 0 Å². The van der Waals surface area contributed by atoms with E-state index in [0.717, 1.165) is 62.5 Å². The zero-order valence-electron chi connectivity index (χ0n) is 18.9. The molecular weight excluding hydrogens is 408 g/mol. The van der Waals surface area contributed by atoms with Crippen molar-refractivity contribution in [2.24, 2.45) is 0 Å². The summed E-state index contributed by atoms with van der Waals surface area (Å²) in [7, 11) is 0. The normalized spacial score (nSPS) is 20.7. The number of rotatable bonds is 8. The molecule has 0 unspecified atom stereocenters. The fraction of sp³-hybridized carbons (Fsp3) is 0.538. The maximum atomic E-state index is 10.4. The first-order chi connectivity index (χ1) is 15.4. The summed E-state index contributed by atoms with van der Waals surface area (Å²) in [4.78, 5) is 0. The highest BCUT2D eigenvalue weighted by Gasteiger charge is 2.48. The first kappa shape index (κ1) is 22.6. The minimum Gasteiger partial charge on any atom is -0.508 e. The molecule has 0 spiro atoms. The van der Waals surface area contributed by atoms with Crippen molar-refractivity contribution in [2.75, 3.05) is 0 Å². The van der Waals surface area contributed by atoms with Crippen LogP contribution in [0.1, 0.15) is 88.0 Å². The van der Waals surface area contributed by atoms with Gasteiger partial charge in [0.2, 0.25) is 0 Å². The van der Waals surface area contributed by atoms with Crippen LogP contribution in [0.4, 0.5) is 0 Å². The molecule has 0 radical (unpaired) electrons. The summed E-state index contributed by atoms with van der Waals surface area (Å²) < 4.78 is 13.1. The summed E-state index contributed by atoms with van der Waals surface area (Å²) in [6.07, 6.45) is 7.59. The van der Waals surface area contributed by atoms with Crippen molar-refractivity contribution in [3.8, 4) is 28.7 Å². The number of phenols is 4. The molecule has 2 atom stereocenters. The van der Waals surface area contributed by atoms with Crippen LogP contribution in [0, 0.1) is 0 Å². The van der Waals surface area contributed by atoms with Crippen LogP contribution in [-0.4, -0.2) is 26.5 Å². The Bertz CT molecular complexity index is 959. The second-order valence-corrected chi connectivity index (χ2v) is 9.18. The van der Waals surface area contributed by atoms with E-state index in [4.69, 9.17) is 9.47 Å². The topological polar surface area (TPSA) is 99.4 Å². The molecule has 0 aliphatic carbocycles. The van der Waals surface area contributed by atoms with Crippen LogP contribution in [-0.2, 0) is 16.8 Å². The van der Waals surface area contributed by atoms with Gasteiger partial charge in [0.1, 0.15) is 23.4 Å². The molecule has 6 nitrogen and oxygen atoms in total. The van der Waals surface area contributed by atoms with E-state index in [1.54, 1.807) is 12.1 Å². The molecule has 6 heteroatoms. The van der Waals surface area contributed by atoms with E-state index >= 15 is 0 Å². The number of benzene rings is 2. The molecule has 2 aliphatic heterocycles. The van der Waals surface area contributed by atoms with Crippen molar-refractivity contribution >= 4 is 0 Å². The van der Waals surface area contributed by atoms with Gasteiger partial charge in [0.25, 0.3) is 0 Å². The van der Waals surface area contributed by atoms with E-state index < -0.39 is 11.7 Å². The Morgan fingerprint density at radius 1 is 0.844 bits per heavy atom. The molecule has 2 heterocycles. The second kappa shape index (κ2) is 9.10. The lowest BCUT2D eigenvalue weighted by Crippen LogP contribution is -2.47. The summed E-state index contributed by atoms with van der Waals surface area (Å²) >= 11 is 0. The maximum Gasteiger partial charge on any atom is 0.157 e. The number of unbranched alkanes of at least 4 members (excludes halogenated alkanes) is 4. The lowest BCUT2D eigenvalue weighted by atomic mass is 9.75. The molecule has 32 heavy (non-hydrogen) atoms. The average molecular weight is 443 g/mol. The summed E-state index contributed by atoms with van der Waals surface area (Å²) in [5.74, 6) is -0.0146. The summed E-state index contributed by atoms with van der Waals surface area (Å²) in [5, 5.41) is 41.0. The molecule has 2 aliphatic rings. The van der Waals surface area contributed by atoms with Crippen LogP contribution in [0.5, 0.6) is 28.7 Å². The molecule has 2 aromatic rings. The molecule has 0 fully saturated rings. The highest BCUT2D eigenvalue weighted by molar-refractivity contribution is 5.54. The van der Waals surface area contributed by atoms with E-state index in [1.165, 1.54) is 12.1 Å². The number of aromatic hydroxyl groups is 4. The predicted molar refractivity (Wildman–Crippen MR) is 121 cm³/mol. The van der Waals surface area contributed by atoms with E-state index in [1.807, 2.05) is 0 Å². The number of hydrogen-bond acceptors (Lipinski definition) is 6. The zero-order valence-corrected chi connectivity index (χ0v) is 18.9. The molecular formula is C26H34O6. The SMILES string of the molecule is CCCCCC1(CCCCC)O[C@H]2Cc3c(O)cc(O)cc3O[C@@H]2c2cc(O)c(O)cc21. The monoisotopic (exact) mass is 442 g/mol. The van der Waals surface area contributed by atoms with Gasteiger partial charge >= 0.3 is 0 Å². The quantitative estimate of drug-likeness (QED) is 0.298. The van der Waals surface area contributed by atoms with Crippen molar-refractivity contribution in [3.05, 3.63) is 41.0 Å². The number of ether oxygens (including phenoxy) is 2. The van der Waals surface area contributed by atoms with Crippen LogP contribution in [0.2, 0.25) is 0 Å². The van der Waals surface area contributed by atoms with Gasteiger partial charge in [-0.15, -0.1) is 0 Å². The van der Waals surface area contributed by atoms with Crippen LogP contribution >= 0.6 is 0 Å². The predicted octanol–water partition coefficient (Wildman–Crippen LogP) is 5.94. The van der Waals surface area contributed by atoms with Crippen molar-refractivity contribution < 1.29 is 29.9 Å². The lowest BCUT2D eigenvalue weighted by molar-refractivity contribution is -0.166. The molecule has 4 rings (SSSR count). The summed E-state index contributed by atoms with van der Waals surface area (Å²) in [6, 6.07) is 6.04. The summed E-state index contributed by atoms with van der Waals surface area (Å²) in [6.45, 7) is 4.34. The lowest BCUT2D eigenvalue weighted by Gasteiger charge is -2.48. The first-order valence-electron chi connectivity index (χ1n) is 11.8. The van der Waals surface area contributed by atoms with Gasteiger partial charge in [-0.1, -0.05) is 52.4 Å². The van der Waals surface area contributed by atoms with Gasteiger partial charge in [-0.3, -0.25) is 0 Å². The molecule has 0 amide bonds. The highest BCUT2D eigenvalue weighted by Crippen LogP contribution is 2.54. The number of phenolic OH excluding ortho intramolecular Hbond substituents is 4. The molecule has 0 saturated heterocycles. The van der Waals surface area contributed by atoms with Gasteiger partial charge in [-0.05, 0) is 30.5 Å². The van der Waals surface area contributed by atoms with Crippen molar-refractivity contribution in [1.82, 2.24) is 0 Å². The van der Waals surface area contributed by atoms with E-state index in [2.05, 4.69) is 13.8 Å². The van der Waals surface area contributed by atoms with Crippen LogP contribution < -0.4 is 4.74 Å². The Kier molecular flexibility index (Phi) is 6.42.